The number of carbonyl (C=O) groups excluding carboxylic acids is 2. The summed E-state index contributed by atoms with van der Waals surface area (Å²) >= 11 is 0. The van der Waals surface area contributed by atoms with Crippen LogP contribution < -0.4 is 5.32 Å². The SMILES string of the molecule is CCNC(=O)CN(CC)C(=O)c1cc(C)n(-c2ccccc2)c1C. The first-order valence-electron chi connectivity index (χ1n) is 8.29. The van der Waals surface area contributed by atoms with E-state index in [4.69, 9.17) is 0 Å². The molecule has 0 bridgehead atoms. The number of likely N-dealkylation sites (N-methyl/N-ethyl adjacent to an activating group) is 2. The highest BCUT2D eigenvalue weighted by Gasteiger charge is 2.22. The van der Waals surface area contributed by atoms with Crippen molar-refractivity contribution < 1.29 is 9.59 Å². The van der Waals surface area contributed by atoms with Crippen molar-refractivity contribution in [2.75, 3.05) is 19.6 Å². The van der Waals surface area contributed by atoms with Gasteiger partial charge in [-0.2, -0.15) is 0 Å². The van der Waals surface area contributed by atoms with E-state index in [0.29, 0.717) is 18.7 Å². The summed E-state index contributed by atoms with van der Waals surface area (Å²) in [5.74, 6) is -0.247. The Morgan fingerprint density at radius 3 is 2.38 bits per heavy atom. The number of hydrogen-bond donors (Lipinski definition) is 1. The van der Waals surface area contributed by atoms with Crippen molar-refractivity contribution in [2.24, 2.45) is 0 Å². The molecule has 0 aliphatic carbocycles. The van der Waals surface area contributed by atoms with Crippen LogP contribution in [0, 0.1) is 13.8 Å². The van der Waals surface area contributed by atoms with Gasteiger partial charge < -0.3 is 14.8 Å². The molecule has 128 valence electrons. The number of nitrogens with zero attached hydrogens (tertiary/aromatic N) is 2. The van der Waals surface area contributed by atoms with Crippen molar-refractivity contribution in [3.8, 4) is 5.69 Å². The first-order valence-corrected chi connectivity index (χ1v) is 8.29. The Morgan fingerprint density at radius 2 is 1.79 bits per heavy atom. The highest BCUT2D eigenvalue weighted by atomic mass is 16.2. The molecule has 2 amide bonds. The van der Waals surface area contributed by atoms with Crippen LogP contribution in [0.25, 0.3) is 5.69 Å². The summed E-state index contributed by atoms with van der Waals surface area (Å²) in [6.45, 7) is 8.80. The van der Waals surface area contributed by atoms with E-state index in [1.165, 1.54) is 0 Å². The lowest BCUT2D eigenvalue weighted by molar-refractivity contribution is -0.121. The molecule has 2 rings (SSSR count). The molecule has 0 aliphatic rings. The first kappa shape index (κ1) is 17.8. The van der Waals surface area contributed by atoms with Crippen LogP contribution >= 0.6 is 0 Å². The van der Waals surface area contributed by atoms with Gasteiger partial charge in [0.25, 0.3) is 5.91 Å². The minimum absolute atomic E-state index is 0.0815. The van der Waals surface area contributed by atoms with Gasteiger partial charge in [-0.3, -0.25) is 9.59 Å². The molecule has 1 aromatic carbocycles. The van der Waals surface area contributed by atoms with E-state index in [0.717, 1.165) is 17.1 Å². The maximum Gasteiger partial charge on any atom is 0.256 e. The predicted octanol–water partition coefficient (Wildman–Crippen LogP) is 2.69. The molecular weight excluding hydrogens is 302 g/mol. The predicted molar refractivity (Wildman–Crippen MR) is 95.5 cm³/mol. The highest BCUT2D eigenvalue weighted by molar-refractivity contribution is 5.98. The zero-order chi connectivity index (χ0) is 17.7. The Morgan fingerprint density at radius 1 is 1.12 bits per heavy atom. The van der Waals surface area contributed by atoms with Crippen LogP contribution in [0.1, 0.15) is 35.6 Å². The summed E-state index contributed by atoms with van der Waals surface area (Å²) < 4.78 is 2.06. The fourth-order valence-electron chi connectivity index (χ4n) is 2.88. The Labute approximate surface area is 143 Å². The van der Waals surface area contributed by atoms with Crippen LogP contribution in [-0.2, 0) is 4.79 Å². The summed E-state index contributed by atoms with van der Waals surface area (Å²) in [6, 6.07) is 11.8. The molecule has 0 saturated carbocycles. The lowest BCUT2D eigenvalue weighted by Gasteiger charge is -2.20. The maximum atomic E-state index is 12.9. The fraction of sp³-hybridized carbons (Fsp3) is 0.368. The minimum atomic E-state index is -0.135. The highest BCUT2D eigenvalue weighted by Crippen LogP contribution is 2.21. The molecule has 0 spiro atoms. The molecule has 0 fully saturated rings. The molecule has 5 nitrogen and oxygen atoms in total. The zero-order valence-corrected chi connectivity index (χ0v) is 14.8. The van der Waals surface area contributed by atoms with Crippen molar-refractivity contribution >= 4 is 11.8 Å². The largest absolute Gasteiger partial charge is 0.355 e. The molecule has 1 N–H and O–H groups in total. The monoisotopic (exact) mass is 327 g/mol. The van der Waals surface area contributed by atoms with Gasteiger partial charge in [-0.15, -0.1) is 0 Å². The summed E-state index contributed by atoms with van der Waals surface area (Å²) in [5, 5.41) is 2.74. The molecule has 5 heteroatoms. The number of amides is 2. The Hall–Kier alpha value is -2.56. The number of para-hydroxylation sites is 1. The van der Waals surface area contributed by atoms with Crippen LogP contribution in [0.5, 0.6) is 0 Å². The smallest absolute Gasteiger partial charge is 0.256 e. The average Bonchev–Trinajstić information content (AvgIpc) is 2.87. The second-order valence-electron chi connectivity index (χ2n) is 5.73. The van der Waals surface area contributed by atoms with Gasteiger partial charge in [0.05, 0.1) is 12.1 Å². The van der Waals surface area contributed by atoms with Crippen LogP contribution in [0.3, 0.4) is 0 Å². The van der Waals surface area contributed by atoms with E-state index in [2.05, 4.69) is 9.88 Å². The number of aryl methyl sites for hydroxylation is 1. The van der Waals surface area contributed by atoms with Crippen molar-refractivity contribution in [3.05, 3.63) is 53.3 Å². The fourth-order valence-corrected chi connectivity index (χ4v) is 2.88. The number of aromatic nitrogens is 1. The third kappa shape index (κ3) is 3.67. The van der Waals surface area contributed by atoms with Crippen LogP contribution in [0.2, 0.25) is 0 Å². The third-order valence-corrected chi connectivity index (χ3v) is 4.05. The molecule has 1 heterocycles. The molecule has 0 aliphatic heterocycles. The summed E-state index contributed by atoms with van der Waals surface area (Å²) in [4.78, 5) is 26.3. The number of carbonyl (C=O) groups is 2. The van der Waals surface area contributed by atoms with Crippen molar-refractivity contribution in [2.45, 2.75) is 27.7 Å². The topological polar surface area (TPSA) is 54.3 Å². The second kappa shape index (κ2) is 7.81. The zero-order valence-electron chi connectivity index (χ0n) is 14.8. The van der Waals surface area contributed by atoms with Crippen LogP contribution in [0.4, 0.5) is 0 Å². The first-order chi connectivity index (χ1) is 11.5. The molecule has 1 aromatic heterocycles. The van der Waals surface area contributed by atoms with E-state index < -0.39 is 0 Å². The van der Waals surface area contributed by atoms with Gasteiger partial charge in [0.1, 0.15) is 0 Å². The lowest BCUT2D eigenvalue weighted by atomic mass is 10.2. The molecule has 0 saturated heterocycles. The van der Waals surface area contributed by atoms with E-state index in [1.807, 2.05) is 64.1 Å². The standard InChI is InChI=1S/C19H25N3O2/c1-5-20-18(23)13-21(6-2)19(24)17-12-14(3)22(15(17)4)16-10-8-7-9-11-16/h7-12H,5-6,13H2,1-4H3,(H,20,23). The van der Waals surface area contributed by atoms with Crippen molar-refractivity contribution in [1.82, 2.24) is 14.8 Å². The van der Waals surface area contributed by atoms with Gasteiger partial charge in [-0.05, 0) is 45.9 Å². The van der Waals surface area contributed by atoms with E-state index >= 15 is 0 Å². The maximum absolute atomic E-state index is 12.9. The normalized spacial score (nSPS) is 10.5. The number of rotatable bonds is 6. The number of hydrogen-bond acceptors (Lipinski definition) is 2. The van der Waals surface area contributed by atoms with Gasteiger partial charge in [0.15, 0.2) is 0 Å². The Balaban J connectivity index is 2.31. The van der Waals surface area contributed by atoms with Gasteiger partial charge in [0, 0.05) is 30.2 Å². The van der Waals surface area contributed by atoms with Crippen molar-refractivity contribution in [3.63, 3.8) is 0 Å². The number of nitrogens with one attached hydrogen (secondary N) is 1. The summed E-state index contributed by atoms with van der Waals surface area (Å²) in [5.41, 5.74) is 3.55. The third-order valence-electron chi connectivity index (χ3n) is 4.05. The van der Waals surface area contributed by atoms with Gasteiger partial charge in [-0.25, -0.2) is 0 Å². The Kier molecular flexibility index (Phi) is 5.79. The van der Waals surface area contributed by atoms with E-state index in [1.54, 1.807) is 4.90 Å². The number of benzene rings is 1. The molecule has 0 atom stereocenters. The molecule has 2 aromatic rings. The van der Waals surface area contributed by atoms with E-state index in [-0.39, 0.29) is 18.4 Å². The molecule has 0 unspecified atom stereocenters. The Bertz CT molecular complexity index is 720. The van der Waals surface area contributed by atoms with E-state index in [9.17, 15) is 9.59 Å². The van der Waals surface area contributed by atoms with Gasteiger partial charge in [-0.1, -0.05) is 18.2 Å². The average molecular weight is 327 g/mol. The second-order valence-corrected chi connectivity index (χ2v) is 5.73. The van der Waals surface area contributed by atoms with Crippen LogP contribution in [-0.4, -0.2) is 40.9 Å². The van der Waals surface area contributed by atoms with Gasteiger partial charge >= 0.3 is 0 Å². The quantitative estimate of drug-likeness (QED) is 0.887. The summed E-state index contributed by atoms with van der Waals surface area (Å²) in [6.07, 6.45) is 0. The molecule has 0 radical (unpaired) electrons. The minimum Gasteiger partial charge on any atom is -0.355 e. The van der Waals surface area contributed by atoms with Crippen molar-refractivity contribution in [1.29, 1.82) is 0 Å². The van der Waals surface area contributed by atoms with Gasteiger partial charge in [0.2, 0.25) is 5.91 Å². The molecule has 24 heavy (non-hydrogen) atoms. The molecular formula is C19H25N3O2. The lowest BCUT2D eigenvalue weighted by Crippen LogP contribution is -2.40. The van der Waals surface area contributed by atoms with Crippen LogP contribution in [0.15, 0.2) is 36.4 Å². The summed E-state index contributed by atoms with van der Waals surface area (Å²) in [7, 11) is 0.